The van der Waals surface area contributed by atoms with Gasteiger partial charge in [0, 0.05) is 13.0 Å². The number of hydrogen-bond acceptors (Lipinski definition) is 3. The van der Waals surface area contributed by atoms with Crippen molar-refractivity contribution in [2.45, 2.75) is 26.7 Å². The lowest BCUT2D eigenvalue weighted by Gasteiger charge is -2.09. The van der Waals surface area contributed by atoms with E-state index in [-0.39, 0.29) is 5.91 Å². The smallest absolute Gasteiger partial charge is 0.416 e. The summed E-state index contributed by atoms with van der Waals surface area (Å²) in [7, 11) is 1.27. The number of imide groups is 1. The number of carbonyl (C=O) groups is 2. The van der Waals surface area contributed by atoms with Crippen LogP contribution >= 0.6 is 0 Å². The van der Waals surface area contributed by atoms with Gasteiger partial charge in [0.25, 0.3) is 0 Å². The highest BCUT2D eigenvalue weighted by Gasteiger charge is 2.26. The van der Waals surface area contributed by atoms with Crippen molar-refractivity contribution in [1.82, 2.24) is 4.90 Å². The number of amides is 2. The normalized spacial score (nSPS) is 15.2. The lowest BCUT2D eigenvalue weighted by molar-refractivity contribution is -0.126. The Balaban J connectivity index is 0.000000561. The zero-order valence-electron chi connectivity index (χ0n) is 7.79. The second-order valence-corrected chi connectivity index (χ2v) is 2.12. The fourth-order valence-corrected chi connectivity index (χ4v) is 0.951. The van der Waals surface area contributed by atoms with E-state index < -0.39 is 6.09 Å². The predicted octanol–water partition coefficient (Wildman–Crippen LogP) is 1.40. The van der Waals surface area contributed by atoms with Gasteiger partial charge < -0.3 is 4.74 Å². The van der Waals surface area contributed by atoms with Crippen LogP contribution in [0.15, 0.2) is 0 Å². The van der Waals surface area contributed by atoms with E-state index in [4.69, 9.17) is 0 Å². The van der Waals surface area contributed by atoms with Gasteiger partial charge in [0.2, 0.25) is 5.91 Å². The fourth-order valence-electron chi connectivity index (χ4n) is 0.951. The number of hydrogen-bond donors (Lipinski definition) is 0. The molecule has 1 aliphatic heterocycles. The molecule has 2 amide bonds. The molecule has 4 heteroatoms. The third kappa shape index (κ3) is 2.53. The lowest BCUT2D eigenvalue weighted by atomic mass is 10.4. The molecule has 1 saturated heterocycles. The van der Waals surface area contributed by atoms with Crippen LogP contribution in [0.3, 0.4) is 0 Å². The van der Waals surface area contributed by atoms with Crippen LogP contribution in [0.5, 0.6) is 0 Å². The number of likely N-dealkylation sites (tertiary alicyclic amines) is 1. The molecule has 0 unspecified atom stereocenters. The van der Waals surface area contributed by atoms with Gasteiger partial charge in [-0.25, -0.2) is 9.69 Å². The zero-order chi connectivity index (χ0) is 9.56. The molecule has 1 rings (SSSR count). The van der Waals surface area contributed by atoms with Crippen LogP contribution in [0, 0.1) is 0 Å². The Bertz CT molecular complexity index is 168. The summed E-state index contributed by atoms with van der Waals surface area (Å²) in [6.45, 7) is 4.51. The molecule has 0 aromatic carbocycles. The molecular weight excluding hydrogens is 158 g/mol. The summed E-state index contributed by atoms with van der Waals surface area (Å²) in [5, 5.41) is 0. The Hall–Kier alpha value is -1.06. The van der Waals surface area contributed by atoms with Crippen molar-refractivity contribution in [3.63, 3.8) is 0 Å². The largest absolute Gasteiger partial charge is 0.452 e. The molecule has 1 aliphatic rings. The molecule has 1 heterocycles. The maximum Gasteiger partial charge on any atom is 0.416 e. The molecule has 0 saturated carbocycles. The van der Waals surface area contributed by atoms with Crippen LogP contribution in [0.2, 0.25) is 0 Å². The number of nitrogens with zero attached hydrogens (tertiary/aromatic N) is 1. The van der Waals surface area contributed by atoms with Crippen molar-refractivity contribution in [2.24, 2.45) is 0 Å². The molecule has 1 fully saturated rings. The van der Waals surface area contributed by atoms with E-state index in [2.05, 4.69) is 4.74 Å². The molecule has 12 heavy (non-hydrogen) atoms. The summed E-state index contributed by atoms with van der Waals surface area (Å²) in [5.74, 6) is -0.133. The van der Waals surface area contributed by atoms with Gasteiger partial charge in [-0.1, -0.05) is 13.8 Å². The van der Waals surface area contributed by atoms with Crippen molar-refractivity contribution in [2.75, 3.05) is 13.7 Å². The van der Waals surface area contributed by atoms with Gasteiger partial charge in [-0.2, -0.15) is 0 Å². The highest BCUT2D eigenvalue weighted by atomic mass is 16.5. The average molecular weight is 173 g/mol. The standard InChI is InChI=1S/C6H9NO3.C2H6/c1-10-6(9)7-4-2-3-5(7)8;1-2/h2-4H2,1H3;1-2H3. The third-order valence-electron chi connectivity index (χ3n) is 1.47. The zero-order valence-corrected chi connectivity index (χ0v) is 7.79. The molecule has 4 nitrogen and oxygen atoms in total. The summed E-state index contributed by atoms with van der Waals surface area (Å²) in [6, 6.07) is 0. The van der Waals surface area contributed by atoms with Crippen LogP contribution in [-0.2, 0) is 9.53 Å². The van der Waals surface area contributed by atoms with Crippen LogP contribution in [-0.4, -0.2) is 30.6 Å². The van der Waals surface area contributed by atoms with Gasteiger partial charge in [0.1, 0.15) is 0 Å². The quantitative estimate of drug-likeness (QED) is 0.556. The summed E-state index contributed by atoms with van der Waals surface area (Å²) >= 11 is 0. The highest BCUT2D eigenvalue weighted by molar-refractivity contribution is 5.93. The van der Waals surface area contributed by atoms with Gasteiger partial charge >= 0.3 is 6.09 Å². The molecule has 0 N–H and O–H groups in total. The second-order valence-electron chi connectivity index (χ2n) is 2.12. The minimum atomic E-state index is -0.539. The molecule has 0 bridgehead atoms. The topological polar surface area (TPSA) is 46.6 Å². The summed E-state index contributed by atoms with van der Waals surface area (Å²) in [5.41, 5.74) is 0. The maximum absolute atomic E-state index is 10.8. The molecule has 0 radical (unpaired) electrons. The summed E-state index contributed by atoms with van der Waals surface area (Å²) in [4.78, 5) is 22.6. The maximum atomic E-state index is 10.8. The van der Waals surface area contributed by atoms with Gasteiger partial charge in [0.05, 0.1) is 7.11 Å². The van der Waals surface area contributed by atoms with E-state index in [9.17, 15) is 9.59 Å². The molecular formula is C8H15NO3. The SMILES string of the molecule is CC.COC(=O)N1CCCC1=O. The van der Waals surface area contributed by atoms with Crippen molar-refractivity contribution >= 4 is 12.0 Å². The van der Waals surface area contributed by atoms with E-state index in [0.29, 0.717) is 13.0 Å². The minimum Gasteiger partial charge on any atom is -0.452 e. The van der Waals surface area contributed by atoms with E-state index >= 15 is 0 Å². The molecule has 0 atom stereocenters. The average Bonchev–Trinajstić information content (AvgIpc) is 2.54. The Morgan fingerprint density at radius 3 is 2.42 bits per heavy atom. The predicted molar refractivity (Wildman–Crippen MR) is 44.7 cm³/mol. The van der Waals surface area contributed by atoms with E-state index in [0.717, 1.165) is 11.3 Å². The fraction of sp³-hybridized carbons (Fsp3) is 0.750. The Morgan fingerprint density at radius 2 is 2.08 bits per heavy atom. The van der Waals surface area contributed by atoms with Crippen LogP contribution in [0.4, 0.5) is 4.79 Å². The molecule has 70 valence electrons. The van der Waals surface area contributed by atoms with E-state index in [1.807, 2.05) is 13.8 Å². The van der Waals surface area contributed by atoms with Crippen molar-refractivity contribution in [1.29, 1.82) is 0 Å². The van der Waals surface area contributed by atoms with Crippen LogP contribution < -0.4 is 0 Å². The van der Waals surface area contributed by atoms with Gasteiger partial charge in [0.15, 0.2) is 0 Å². The number of ether oxygens (including phenoxy) is 1. The Labute approximate surface area is 72.5 Å². The number of methoxy groups -OCH3 is 1. The number of rotatable bonds is 0. The Kier molecular flexibility index (Phi) is 5.08. The minimum absolute atomic E-state index is 0.133. The lowest BCUT2D eigenvalue weighted by Crippen LogP contribution is -2.31. The molecule has 0 spiro atoms. The van der Waals surface area contributed by atoms with Gasteiger partial charge in [-0.15, -0.1) is 0 Å². The second kappa shape index (κ2) is 5.57. The summed E-state index contributed by atoms with van der Waals surface area (Å²) in [6.07, 6.45) is 0.686. The first kappa shape index (κ1) is 10.9. The number of carbonyl (C=O) groups excluding carboxylic acids is 2. The van der Waals surface area contributed by atoms with Crippen LogP contribution in [0.25, 0.3) is 0 Å². The Morgan fingerprint density at radius 1 is 1.50 bits per heavy atom. The monoisotopic (exact) mass is 173 g/mol. The molecule has 0 aromatic rings. The van der Waals surface area contributed by atoms with Crippen LogP contribution in [0.1, 0.15) is 26.7 Å². The van der Waals surface area contributed by atoms with Gasteiger partial charge in [-0.05, 0) is 6.42 Å². The third-order valence-corrected chi connectivity index (χ3v) is 1.47. The highest BCUT2D eigenvalue weighted by Crippen LogP contribution is 2.09. The van der Waals surface area contributed by atoms with Crippen molar-refractivity contribution < 1.29 is 14.3 Å². The van der Waals surface area contributed by atoms with E-state index in [1.165, 1.54) is 7.11 Å². The van der Waals surface area contributed by atoms with Crippen molar-refractivity contribution in [3.05, 3.63) is 0 Å². The first-order valence-electron chi connectivity index (χ1n) is 4.14. The first-order valence-corrected chi connectivity index (χ1v) is 4.14. The van der Waals surface area contributed by atoms with E-state index in [1.54, 1.807) is 0 Å². The molecule has 0 aliphatic carbocycles. The van der Waals surface area contributed by atoms with Gasteiger partial charge in [-0.3, -0.25) is 4.79 Å². The summed E-state index contributed by atoms with van der Waals surface area (Å²) < 4.78 is 4.37. The van der Waals surface area contributed by atoms with Crippen molar-refractivity contribution in [3.8, 4) is 0 Å². The molecule has 0 aromatic heterocycles. The first-order chi connectivity index (χ1) is 5.75.